The van der Waals surface area contributed by atoms with Gasteiger partial charge in [0.25, 0.3) is 11.8 Å². The number of nitrogens with zero attached hydrogens (tertiary/aromatic N) is 1. The first-order chi connectivity index (χ1) is 8.97. The van der Waals surface area contributed by atoms with Crippen LogP contribution in [0.15, 0.2) is 18.2 Å². The van der Waals surface area contributed by atoms with E-state index in [1.807, 2.05) is 0 Å². The number of ether oxygens (including phenoxy) is 1. The molecule has 0 aliphatic carbocycles. The van der Waals surface area contributed by atoms with Crippen LogP contribution in [0.1, 0.15) is 26.3 Å². The number of rotatable bonds is 4. The van der Waals surface area contributed by atoms with Crippen LogP contribution >= 0.6 is 0 Å². The Morgan fingerprint density at radius 1 is 1.32 bits per heavy atom. The molecule has 2 rings (SSSR count). The maximum atomic E-state index is 12.2. The van der Waals surface area contributed by atoms with Gasteiger partial charge in [0.2, 0.25) is 0 Å². The predicted octanol–water partition coefficient (Wildman–Crippen LogP) is 0.691. The molecule has 1 aliphatic heterocycles. The molecule has 2 amide bonds. The zero-order valence-corrected chi connectivity index (χ0v) is 10.5. The first kappa shape index (κ1) is 13.2. The van der Waals surface area contributed by atoms with Crippen molar-refractivity contribution in [2.24, 2.45) is 0 Å². The average molecular weight is 263 g/mol. The van der Waals surface area contributed by atoms with Crippen LogP contribution < -0.4 is 0 Å². The standard InChI is InChI=1S/C13H13NO5/c1-7-3-4-8-9(5-7)12(16)14(11(8)15)10(6-19-2)13(17)18/h3-5,10H,6H2,1-2H3,(H,17,18). The van der Waals surface area contributed by atoms with Gasteiger partial charge in [-0.25, -0.2) is 4.79 Å². The summed E-state index contributed by atoms with van der Waals surface area (Å²) in [5.74, 6) is -2.45. The molecular formula is C13H13NO5. The molecule has 1 N–H and O–H groups in total. The number of carbonyl (C=O) groups is 3. The molecule has 100 valence electrons. The maximum Gasteiger partial charge on any atom is 0.329 e. The van der Waals surface area contributed by atoms with Gasteiger partial charge in [-0.1, -0.05) is 11.6 Å². The zero-order chi connectivity index (χ0) is 14.2. The van der Waals surface area contributed by atoms with E-state index in [0.29, 0.717) is 0 Å². The molecule has 1 atom stereocenters. The average Bonchev–Trinajstić information content (AvgIpc) is 2.59. The summed E-state index contributed by atoms with van der Waals surface area (Å²) in [5, 5.41) is 9.11. The molecular weight excluding hydrogens is 250 g/mol. The SMILES string of the molecule is COCC(C(=O)O)N1C(=O)c2ccc(C)cc2C1=O. The van der Waals surface area contributed by atoms with Crippen molar-refractivity contribution >= 4 is 17.8 Å². The number of imide groups is 1. The van der Waals surface area contributed by atoms with Crippen LogP contribution in [0.3, 0.4) is 0 Å². The minimum Gasteiger partial charge on any atom is -0.480 e. The molecule has 6 nitrogen and oxygen atoms in total. The lowest BCUT2D eigenvalue weighted by Gasteiger charge is -2.21. The number of aliphatic carboxylic acids is 1. The fourth-order valence-electron chi connectivity index (χ4n) is 2.07. The third-order valence-corrected chi connectivity index (χ3v) is 2.99. The molecule has 1 aromatic rings. The second kappa shape index (κ2) is 4.81. The van der Waals surface area contributed by atoms with Gasteiger partial charge in [-0.3, -0.25) is 14.5 Å². The van der Waals surface area contributed by atoms with Crippen LogP contribution in [-0.2, 0) is 9.53 Å². The molecule has 19 heavy (non-hydrogen) atoms. The maximum absolute atomic E-state index is 12.2. The molecule has 1 unspecified atom stereocenters. The highest BCUT2D eigenvalue weighted by atomic mass is 16.5. The van der Waals surface area contributed by atoms with Crippen molar-refractivity contribution in [1.29, 1.82) is 0 Å². The van der Waals surface area contributed by atoms with E-state index in [1.54, 1.807) is 19.1 Å². The summed E-state index contributed by atoms with van der Waals surface area (Å²) in [6.07, 6.45) is 0. The number of benzene rings is 1. The molecule has 0 radical (unpaired) electrons. The van der Waals surface area contributed by atoms with Crippen LogP contribution in [0.5, 0.6) is 0 Å². The van der Waals surface area contributed by atoms with Gasteiger partial charge in [-0.2, -0.15) is 0 Å². The molecule has 1 aromatic carbocycles. The van der Waals surface area contributed by atoms with E-state index in [1.165, 1.54) is 13.2 Å². The summed E-state index contributed by atoms with van der Waals surface area (Å²) in [6, 6.07) is 3.52. The van der Waals surface area contributed by atoms with E-state index in [2.05, 4.69) is 0 Å². The lowest BCUT2D eigenvalue weighted by Crippen LogP contribution is -2.47. The van der Waals surface area contributed by atoms with Crippen molar-refractivity contribution in [3.05, 3.63) is 34.9 Å². The molecule has 0 saturated heterocycles. The molecule has 0 bridgehead atoms. The van der Waals surface area contributed by atoms with Gasteiger partial charge in [0.05, 0.1) is 17.7 Å². The van der Waals surface area contributed by atoms with Gasteiger partial charge in [0, 0.05) is 7.11 Å². The molecule has 0 spiro atoms. The minimum absolute atomic E-state index is 0.234. The van der Waals surface area contributed by atoms with Gasteiger partial charge in [0.15, 0.2) is 6.04 Å². The largest absolute Gasteiger partial charge is 0.480 e. The van der Waals surface area contributed by atoms with Gasteiger partial charge >= 0.3 is 5.97 Å². The van der Waals surface area contributed by atoms with E-state index in [9.17, 15) is 14.4 Å². The molecule has 1 heterocycles. The van der Waals surface area contributed by atoms with Crippen molar-refractivity contribution in [1.82, 2.24) is 4.90 Å². The summed E-state index contributed by atoms with van der Waals surface area (Å²) in [5.41, 5.74) is 1.31. The number of fused-ring (bicyclic) bond motifs is 1. The highest BCUT2D eigenvalue weighted by Crippen LogP contribution is 2.25. The Labute approximate surface area is 109 Å². The summed E-state index contributed by atoms with van der Waals surface area (Å²) >= 11 is 0. The van der Waals surface area contributed by atoms with Crippen molar-refractivity contribution < 1.29 is 24.2 Å². The van der Waals surface area contributed by atoms with E-state index >= 15 is 0 Å². The molecule has 1 aliphatic rings. The van der Waals surface area contributed by atoms with Crippen LogP contribution in [-0.4, -0.2) is 47.5 Å². The lowest BCUT2D eigenvalue weighted by atomic mass is 10.1. The topological polar surface area (TPSA) is 83.9 Å². The summed E-state index contributed by atoms with van der Waals surface area (Å²) < 4.78 is 4.77. The number of aryl methyl sites for hydroxylation is 1. The van der Waals surface area contributed by atoms with Gasteiger partial charge < -0.3 is 9.84 Å². The van der Waals surface area contributed by atoms with Crippen LogP contribution in [0.2, 0.25) is 0 Å². The molecule has 0 fully saturated rings. The van der Waals surface area contributed by atoms with Crippen LogP contribution in [0.25, 0.3) is 0 Å². The normalized spacial score (nSPS) is 15.6. The van der Waals surface area contributed by atoms with E-state index < -0.39 is 23.8 Å². The Morgan fingerprint density at radius 2 is 1.95 bits per heavy atom. The fraction of sp³-hybridized carbons (Fsp3) is 0.308. The van der Waals surface area contributed by atoms with Gasteiger partial charge in [0.1, 0.15) is 0 Å². The minimum atomic E-state index is -1.31. The van der Waals surface area contributed by atoms with Crippen molar-refractivity contribution in [2.75, 3.05) is 13.7 Å². The van der Waals surface area contributed by atoms with E-state index in [0.717, 1.165) is 10.5 Å². The lowest BCUT2D eigenvalue weighted by molar-refractivity contribution is -0.143. The quantitative estimate of drug-likeness (QED) is 0.808. The summed E-state index contributed by atoms with van der Waals surface area (Å²) in [7, 11) is 1.32. The molecule has 0 aromatic heterocycles. The van der Waals surface area contributed by atoms with Crippen LogP contribution in [0, 0.1) is 6.92 Å². The van der Waals surface area contributed by atoms with Crippen LogP contribution in [0.4, 0.5) is 0 Å². The Bertz CT molecular complexity index is 566. The third-order valence-electron chi connectivity index (χ3n) is 2.99. The van der Waals surface area contributed by atoms with Gasteiger partial charge in [-0.15, -0.1) is 0 Å². The van der Waals surface area contributed by atoms with Crippen molar-refractivity contribution in [3.63, 3.8) is 0 Å². The number of hydrogen-bond acceptors (Lipinski definition) is 4. The number of carboxylic acids is 1. The Hall–Kier alpha value is -2.21. The van der Waals surface area contributed by atoms with Crippen molar-refractivity contribution in [3.8, 4) is 0 Å². The third kappa shape index (κ3) is 2.10. The number of methoxy groups -OCH3 is 1. The second-order valence-corrected chi connectivity index (χ2v) is 4.34. The monoisotopic (exact) mass is 263 g/mol. The zero-order valence-electron chi connectivity index (χ0n) is 10.5. The highest BCUT2D eigenvalue weighted by molar-refractivity contribution is 6.22. The first-order valence-electron chi connectivity index (χ1n) is 5.67. The summed E-state index contributed by atoms with van der Waals surface area (Å²) in [6.45, 7) is 1.56. The Morgan fingerprint density at radius 3 is 2.53 bits per heavy atom. The number of carbonyl (C=O) groups excluding carboxylic acids is 2. The molecule has 0 saturated carbocycles. The Kier molecular flexibility index (Phi) is 3.35. The van der Waals surface area contributed by atoms with Gasteiger partial charge in [-0.05, 0) is 19.1 Å². The Balaban J connectivity index is 2.44. The van der Waals surface area contributed by atoms with E-state index in [4.69, 9.17) is 9.84 Å². The van der Waals surface area contributed by atoms with Crippen molar-refractivity contribution in [2.45, 2.75) is 13.0 Å². The summed E-state index contributed by atoms with van der Waals surface area (Å²) in [4.78, 5) is 36.2. The van der Waals surface area contributed by atoms with E-state index in [-0.39, 0.29) is 17.7 Å². The first-order valence-corrected chi connectivity index (χ1v) is 5.67. The number of amides is 2. The predicted molar refractivity (Wildman–Crippen MR) is 65.0 cm³/mol. The fourth-order valence-corrected chi connectivity index (χ4v) is 2.07. The smallest absolute Gasteiger partial charge is 0.329 e. The number of hydrogen-bond donors (Lipinski definition) is 1. The highest BCUT2D eigenvalue weighted by Gasteiger charge is 2.42. The molecule has 6 heteroatoms. The number of carboxylic acid groups (broad SMARTS) is 1. The second-order valence-electron chi connectivity index (χ2n) is 4.34.